The highest BCUT2D eigenvalue weighted by Crippen LogP contribution is 2.43. The molecule has 1 N–H and O–H groups in total. The number of alkyl halides is 3. The van der Waals surface area contributed by atoms with Crippen molar-refractivity contribution in [3.8, 4) is 5.75 Å². The highest BCUT2D eigenvalue weighted by Gasteiger charge is 2.43. The minimum Gasteiger partial charge on any atom is -0.497 e. The number of halogens is 5. The summed E-state index contributed by atoms with van der Waals surface area (Å²) >= 11 is 0. The van der Waals surface area contributed by atoms with Crippen molar-refractivity contribution in [2.45, 2.75) is 31.5 Å². The Morgan fingerprint density at radius 1 is 1.29 bits per heavy atom. The Morgan fingerprint density at radius 3 is 2.48 bits per heavy atom. The van der Waals surface area contributed by atoms with Crippen LogP contribution < -0.4 is 15.0 Å². The fourth-order valence-corrected chi connectivity index (χ4v) is 3.51. The predicted octanol–water partition coefficient (Wildman–Crippen LogP) is 3.91. The average molecular weight is 443 g/mol. The molecule has 1 saturated heterocycles. The number of carbonyl (C=O) groups is 2. The molecule has 1 fully saturated rings. The van der Waals surface area contributed by atoms with Crippen LogP contribution in [0.25, 0.3) is 0 Å². The minimum absolute atomic E-state index is 0.0657. The van der Waals surface area contributed by atoms with E-state index in [2.05, 4.69) is 10.3 Å². The van der Waals surface area contributed by atoms with Gasteiger partial charge < -0.3 is 14.8 Å². The van der Waals surface area contributed by atoms with E-state index in [0.717, 1.165) is 29.3 Å². The van der Waals surface area contributed by atoms with Gasteiger partial charge in [-0.1, -0.05) is 0 Å². The van der Waals surface area contributed by atoms with E-state index < -0.39 is 71.3 Å². The van der Waals surface area contributed by atoms with Crippen molar-refractivity contribution in [3.63, 3.8) is 0 Å². The molecule has 2 aromatic rings. The lowest BCUT2D eigenvalue weighted by Crippen LogP contribution is -2.30. The number of aldehydes is 1. The zero-order valence-electron chi connectivity index (χ0n) is 16.5. The van der Waals surface area contributed by atoms with Crippen LogP contribution in [0, 0.1) is 11.6 Å². The highest BCUT2D eigenvalue weighted by molar-refractivity contribution is 5.97. The number of nitrogens with one attached hydrogen (secondary N) is 1. The molecule has 1 aromatic heterocycles. The molecule has 0 aliphatic carbocycles. The van der Waals surface area contributed by atoms with Gasteiger partial charge in [-0.25, -0.2) is 13.8 Å². The van der Waals surface area contributed by atoms with Gasteiger partial charge in [0.05, 0.1) is 18.8 Å². The Bertz CT molecular complexity index is 989. The van der Waals surface area contributed by atoms with Gasteiger partial charge in [0.2, 0.25) is 5.91 Å². The van der Waals surface area contributed by atoms with Gasteiger partial charge in [-0.15, -0.1) is 0 Å². The Labute approximate surface area is 174 Å². The first-order chi connectivity index (χ1) is 14.6. The quantitative estimate of drug-likeness (QED) is 0.542. The summed E-state index contributed by atoms with van der Waals surface area (Å²) in [5, 5.41) is 2.42. The summed E-state index contributed by atoms with van der Waals surface area (Å²) in [6.07, 6.45) is -3.84. The number of rotatable bonds is 6. The number of carbonyl (C=O) groups excluding carboxylic acids is 2. The van der Waals surface area contributed by atoms with Gasteiger partial charge in [-0.05, 0) is 13.0 Å². The molecule has 2 atom stereocenters. The first-order valence-electron chi connectivity index (χ1n) is 9.18. The molecule has 3 rings (SSSR count). The molecule has 6 nitrogen and oxygen atoms in total. The van der Waals surface area contributed by atoms with Crippen molar-refractivity contribution < 1.29 is 36.3 Å². The van der Waals surface area contributed by atoms with E-state index in [1.54, 1.807) is 0 Å². The molecule has 1 aliphatic heterocycles. The van der Waals surface area contributed by atoms with Crippen molar-refractivity contribution in [1.82, 2.24) is 4.98 Å². The van der Waals surface area contributed by atoms with E-state index in [0.29, 0.717) is 6.29 Å². The predicted molar refractivity (Wildman–Crippen MR) is 101 cm³/mol. The monoisotopic (exact) mass is 443 g/mol. The lowest BCUT2D eigenvalue weighted by molar-refractivity contribution is -0.136. The second-order valence-corrected chi connectivity index (χ2v) is 7.03. The smallest absolute Gasteiger partial charge is 0.421 e. The number of pyridine rings is 1. The number of nitrogens with zero attached hydrogens (tertiary/aromatic N) is 2. The number of methoxy groups -OCH3 is 1. The molecule has 166 valence electrons. The van der Waals surface area contributed by atoms with E-state index in [1.807, 2.05) is 0 Å². The number of hydrogen-bond donors (Lipinski definition) is 1. The van der Waals surface area contributed by atoms with Crippen molar-refractivity contribution in [2.24, 2.45) is 0 Å². The zero-order valence-corrected chi connectivity index (χ0v) is 16.5. The first kappa shape index (κ1) is 22.4. The van der Waals surface area contributed by atoms with Crippen LogP contribution in [0.1, 0.15) is 30.4 Å². The molecule has 31 heavy (non-hydrogen) atoms. The third-order valence-corrected chi connectivity index (χ3v) is 4.88. The third-order valence-electron chi connectivity index (χ3n) is 4.88. The van der Waals surface area contributed by atoms with Gasteiger partial charge in [0.1, 0.15) is 35.1 Å². The molecule has 0 spiro atoms. The van der Waals surface area contributed by atoms with E-state index in [9.17, 15) is 31.5 Å². The standard InChI is InChI=1S/C20H18F5N3O3/c1-10(9-29)27-15-3-4-26-19(18(15)20(23,24)25)28-8-11(5-16(28)30)17-13(21)6-12(31-2)7-14(17)22/h3-4,6-7,9-11H,5,8H2,1-2H3,(H,26,27). The molecule has 2 heterocycles. The second-order valence-electron chi connectivity index (χ2n) is 7.03. The Hall–Kier alpha value is -3.24. The molecular weight excluding hydrogens is 425 g/mol. The number of hydrogen-bond acceptors (Lipinski definition) is 5. The SMILES string of the molecule is COc1cc(F)c(C2CC(=O)N(c3nccc(NC(C)C=O)c3C(F)(F)F)C2)c(F)c1. The van der Waals surface area contributed by atoms with Crippen LogP contribution in [0.15, 0.2) is 24.4 Å². The van der Waals surface area contributed by atoms with Crippen molar-refractivity contribution in [2.75, 3.05) is 23.9 Å². The maximum Gasteiger partial charge on any atom is 0.421 e. The van der Waals surface area contributed by atoms with Gasteiger partial charge in [0.25, 0.3) is 0 Å². The van der Waals surface area contributed by atoms with Crippen LogP contribution in [-0.2, 0) is 15.8 Å². The number of aromatic nitrogens is 1. The Kier molecular flexibility index (Phi) is 6.14. The Balaban J connectivity index is 2.02. The number of benzene rings is 1. The van der Waals surface area contributed by atoms with Crippen LogP contribution in [0.4, 0.5) is 33.5 Å². The highest BCUT2D eigenvalue weighted by atomic mass is 19.4. The van der Waals surface area contributed by atoms with Gasteiger partial charge in [-0.3, -0.25) is 9.69 Å². The van der Waals surface area contributed by atoms with Crippen LogP contribution >= 0.6 is 0 Å². The molecule has 11 heteroatoms. The van der Waals surface area contributed by atoms with E-state index in [4.69, 9.17) is 4.74 Å². The fourth-order valence-electron chi connectivity index (χ4n) is 3.51. The van der Waals surface area contributed by atoms with Crippen molar-refractivity contribution in [1.29, 1.82) is 0 Å². The topological polar surface area (TPSA) is 71.5 Å². The van der Waals surface area contributed by atoms with Crippen LogP contribution in [0.2, 0.25) is 0 Å². The van der Waals surface area contributed by atoms with E-state index >= 15 is 0 Å². The van der Waals surface area contributed by atoms with E-state index in [-0.39, 0.29) is 5.75 Å². The number of ether oxygens (including phenoxy) is 1. The number of amides is 1. The van der Waals surface area contributed by atoms with Crippen LogP contribution in [0.3, 0.4) is 0 Å². The molecule has 2 unspecified atom stereocenters. The molecule has 1 amide bonds. The van der Waals surface area contributed by atoms with Gasteiger partial charge in [0, 0.05) is 42.8 Å². The molecular formula is C20H18F5N3O3. The summed E-state index contributed by atoms with van der Waals surface area (Å²) in [6.45, 7) is 0.960. The summed E-state index contributed by atoms with van der Waals surface area (Å²) in [4.78, 5) is 27.9. The third kappa shape index (κ3) is 4.44. The fraction of sp³-hybridized carbons (Fsp3) is 0.350. The minimum atomic E-state index is -4.91. The summed E-state index contributed by atoms with van der Waals surface area (Å²) in [5.41, 5.74) is -2.09. The summed E-state index contributed by atoms with van der Waals surface area (Å²) < 4.78 is 75.2. The molecule has 0 bridgehead atoms. The molecule has 1 aliphatic rings. The summed E-state index contributed by atoms with van der Waals surface area (Å²) in [5.74, 6) is -4.47. The second kappa shape index (κ2) is 8.48. The van der Waals surface area contributed by atoms with Crippen molar-refractivity contribution >= 4 is 23.7 Å². The van der Waals surface area contributed by atoms with Crippen LogP contribution in [-0.4, -0.2) is 36.9 Å². The van der Waals surface area contributed by atoms with Gasteiger partial charge in [-0.2, -0.15) is 13.2 Å². The maximum atomic E-state index is 14.4. The largest absolute Gasteiger partial charge is 0.497 e. The average Bonchev–Trinajstić information content (AvgIpc) is 3.07. The van der Waals surface area contributed by atoms with Gasteiger partial charge >= 0.3 is 6.18 Å². The summed E-state index contributed by atoms with van der Waals surface area (Å²) in [6, 6.07) is 1.99. The van der Waals surface area contributed by atoms with E-state index in [1.165, 1.54) is 14.0 Å². The summed E-state index contributed by atoms with van der Waals surface area (Å²) in [7, 11) is 1.23. The molecule has 0 saturated carbocycles. The Morgan fingerprint density at radius 2 is 1.94 bits per heavy atom. The first-order valence-corrected chi connectivity index (χ1v) is 9.18. The molecule has 1 aromatic carbocycles. The normalized spacial score (nSPS) is 17.6. The maximum absolute atomic E-state index is 14.4. The zero-order chi connectivity index (χ0) is 22.9. The van der Waals surface area contributed by atoms with Crippen molar-refractivity contribution in [3.05, 3.63) is 47.2 Å². The lowest BCUT2D eigenvalue weighted by Gasteiger charge is -2.24. The number of anilines is 2. The molecule has 0 radical (unpaired) electrons. The lowest BCUT2D eigenvalue weighted by atomic mass is 9.97. The van der Waals surface area contributed by atoms with Gasteiger partial charge in [0.15, 0.2) is 0 Å². The van der Waals surface area contributed by atoms with Crippen LogP contribution in [0.5, 0.6) is 5.75 Å².